The number of hydrogen-bond donors (Lipinski definition) is 1. The molecule has 1 atom stereocenters. The van der Waals surface area contributed by atoms with Crippen LogP contribution in [0.25, 0.3) is 0 Å². The minimum atomic E-state index is 0. The van der Waals surface area contributed by atoms with Gasteiger partial charge in [-0.05, 0) is 30.4 Å². The first kappa shape index (κ1) is 19.9. The maximum absolute atomic E-state index is 6.42. The molecule has 2 aliphatic rings. The van der Waals surface area contributed by atoms with Crippen molar-refractivity contribution < 1.29 is 4.74 Å². The Morgan fingerprint density at radius 1 is 1.23 bits per heavy atom. The molecule has 0 radical (unpaired) electrons. The molecule has 0 amide bonds. The molecular weight excluding hydrogens is 345 g/mol. The fourth-order valence-electron chi connectivity index (χ4n) is 3.37. The van der Waals surface area contributed by atoms with E-state index in [0.717, 1.165) is 57.3 Å². The Hall–Kier alpha value is -0.100. The van der Waals surface area contributed by atoms with E-state index in [1.54, 1.807) is 6.20 Å². The molecule has 1 aromatic heterocycles. The number of piperazine rings is 1. The molecule has 0 spiro atoms. The highest BCUT2D eigenvalue weighted by Gasteiger charge is 2.32. The van der Waals surface area contributed by atoms with Crippen molar-refractivity contribution in [3.63, 3.8) is 0 Å². The van der Waals surface area contributed by atoms with E-state index < -0.39 is 0 Å². The van der Waals surface area contributed by atoms with Gasteiger partial charge in [0.1, 0.15) is 0 Å². The Balaban J connectivity index is 0.00000121. The highest BCUT2D eigenvalue weighted by atomic mass is 35.5. The van der Waals surface area contributed by atoms with Crippen molar-refractivity contribution in [2.24, 2.45) is 5.92 Å². The van der Waals surface area contributed by atoms with Crippen molar-refractivity contribution in [1.82, 2.24) is 15.2 Å². The molecule has 0 aromatic carbocycles. The van der Waals surface area contributed by atoms with Gasteiger partial charge in [-0.3, -0.25) is 9.88 Å². The molecule has 0 saturated carbocycles. The van der Waals surface area contributed by atoms with Crippen molar-refractivity contribution in [2.75, 3.05) is 39.4 Å². The van der Waals surface area contributed by atoms with E-state index in [2.05, 4.69) is 21.3 Å². The smallest absolute Gasteiger partial charge is 0.0637 e. The van der Waals surface area contributed by atoms with Crippen LogP contribution >= 0.6 is 36.4 Å². The van der Waals surface area contributed by atoms with Gasteiger partial charge in [-0.1, -0.05) is 11.6 Å². The van der Waals surface area contributed by atoms with Crippen LogP contribution in [0, 0.1) is 5.92 Å². The van der Waals surface area contributed by atoms with Crippen molar-refractivity contribution in [3.05, 3.63) is 29.0 Å². The highest BCUT2D eigenvalue weighted by molar-refractivity contribution is 6.31. The number of ether oxygens (including phenoxy) is 1. The van der Waals surface area contributed by atoms with E-state index >= 15 is 0 Å². The number of nitrogens with zero attached hydrogens (tertiary/aromatic N) is 2. The highest BCUT2D eigenvalue weighted by Crippen LogP contribution is 2.37. The van der Waals surface area contributed by atoms with Crippen LogP contribution in [0.3, 0.4) is 0 Å². The van der Waals surface area contributed by atoms with Gasteiger partial charge >= 0.3 is 0 Å². The van der Waals surface area contributed by atoms with E-state index in [-0.39, 0.29) is 24.8 Å². The Kier molecular flexibility index (Phi) is 8.98. The second kappa shape index (κ2) is 9.91. The van der Waals surface area contributed by atoms with Crippen LogP contribution in [0.15, 0.2) is 18.5 Å². The molecule has 7 heteroatoms. The van der Waals surface area contributed by atoms with E-state index in [9.17, 15) is 0 Å². The number of halogens is 3. The standard InChI is InChI=1S/C15H22ClN3O.2ClH/c16-14-11-18-4-1-13(14)15(12-2-9-20-10-3-12)19-7-5-17-6-8-19;;/h1,4,11-12,15,17H,2-3,5-10H2;2*1H/t15-;;/m0../s1. The van der Waals surface area contributed by atoms with Crippen molar-refractivity contribution in [1.29, 1.82) is 0 Å². The zero-order valence-electron chi connectivity index (χ0n) is 12.5. The van der Waals surface area contributed by atoms with Gasteiger partial charge in [0.05, 0.1) is 5.02 Å². The average Bonchev–Trinajstić information content (AvgIpc) is 2.52. The number of rotatable bonds is 3. The Labute approximate surface area is 149 Å². The summed E-state index contributed by atoms with van der Waals surface area (Å²) >= 11 is 6.42. The summed E-state index contributed by atoms with van der Waals surface area (Å²) in [5.74, 6) is 0.627. The van der Waals surface area contributed by atoms with Gasteiger partial charge in [-0.2, -0.15) is 0 Å². The van der Waals surface area contributed by atoms with Gasteiger partial charge in [0.25, 0.3) is 0 Å². The monoisotopic (exact) mass is 367 g/mol. The summed E-state index contributed by atoms with van der Waals surface area (Å²) in [5, 5.41) is 4.22. The molecule has 0 aliphatic carbocycles. The molecule has 126 valence electrons. The lowest BCUT2D eigenvalue weighted by molar-refractivity contribution is 0.0213. The predicted molar refractivity (Wildman–Crippen MR) is 94.5 cm³/mol. The molecule has 3 heterocycles. The summed E-state index contributed by atoms with van der Waals surface area (Å²) in [5.41, 5.74) is 1.23. The van der Waals surface area contributed by atoms with Gasteiger partial charge in [-0.15, -0.1) is 24.8 Å². The van der Waals surface area contributed by atoms with Gasteiger partial charge < -0.3 is 10.1 Å². The fourth-order valence-corrected chi connectivity index (χ4v) is 3.60. The summed E-state index contributed by atoms with van der Waals surface area (Å²) in [4.78, 5) is 6.71. The largest absolute Gasteiger partial charge is 0.381 e. The first-order valence-electron chi connectivity index (χ1n) is 7.48. The van der Waals surface area contributed by atoms with Crippen molar-refractivity contribution in [2.45, 2.75) is 18.9 Å². The minimum Gasteiger partial charge on any atom is -0.381 e. The zero-order chi connectivity index (χ0) is 13.8. The molecular formula is C15H24Cl3N3O. The van der Waals surface area contributed by atoms with Crippen LogP contribution in [-0.4, -0.2) is 49.3 Å². The van der Waals surface area contributed by atoms with E-state index in [1.807, 2.05) is 6.20 Å². The van der Waals surface area contributed by atoms with Crippen molar-refractivity contribution >= 4 is 36.4 Å². The first-order valence-corrected chi connectivity index (χ1v) is 7.86. The molecule has 2 saturated heterocycles. The molecule has 0 bridgehead atoms. The maximum atomic E-state index is 6.42. The summed E-state index contributed by atoms with van der Waals surface area (Å²) in [7, 11) is 0. The number of aromatic nitrogens is 1. The minimum absolute atomic E-state index is 0. The predicted octanol–water partition coefficient (Wildman–Crippen LogP) is 2.95. The third-order valence-electron chi connectivity index (χ3n) is 4.38. The van der Waals surface area contributed by atoms with Gasteiger partial charge in [0.15, 0.2) is 0 Å². The summed E-state index contributed by atoms with van der Waals surface area (Å²) in [6.45, 7) is 6.03. The third kappa shape index (κ3) is 4.70. The topological polar surface area (TPSA) is 37.4 Å². The van der Waals surface area contributed by atoms with Crippen LogP contribution in [0.2, 0.25) is 5.02 Å². The molecule has 3 rings (SSSR count). The molecule has 1 N–H and O–H groups in total. The van der Waals surface area contributed by atoms with Gasteiger partial charge in [0, 0.05) is 57.8 Å². The first-order chi connectivity index (χ1) is 9.86. The second-order valence-corrected chi connectivity index (χ2v) is 5.98. The lowest BCUT2D eigenvalue weighted by Crippen LogP contribution is -2.47. The van der Waals surface area contributed by atoms with Crippen LogP contribution in [0.5, 0.6) is 0 Å². The van der Waals surface area contributed by atoms with Crippen molar-refractivity contribution in [3.8, 4) is 0 Å². The number of hydrogen-bond acceptors (Lipinski definition) is 4. The zero-order valence-corrected chi connectivity index (χ0v) is 14.9. The quantitative estimate of drug-likeness (QED) is 0.890. The number of pyridine rings is 1. The van der Waals surface area contributed by atoms with Crippen LogP contribution in [0.1, 0.15) is 24.4 Å². The maximum Gasteiger partial charge on any atom is 0.0637 e. The molecule has 2 aliphatic heterocycles. The third-order valence-corrected chi connectivity index (χ3v) is 4.70. The summed E-state index contributed by atoms with van der Waals surface area (Å²) in [6, 6.07) is 2.49. The molecule has 4 nitrogen and oxygen atoms in total. The van der Waals surface area contributed by atoms with E-state index in [1.165, 1.54) is 5.56 Å². The molecule has 2 fully saturated rings. The van der Waals surface area contributed by atoms with Crippen LogP contribution in [-0.2, 0) is 4.74 Å². The van der Waals surface area contributed by atoms with Gasteiger partial charge in [-0.25, -0.2) is 0 Å². The Bertz CT molecular complexity index is 420. The summed E-state index contributed by atoms with van der Waals surface area (Å²) < 4.78 is 5.53. The lowest BCUT2D eigenvalue weighted by Gasteiger charge is -2.41. The lowest BCUT2D eigenvalue weighted by atomic mass is 9.86. The second-order valence-electron chi connectivity index (χ2n) is 5.58. The Morgan fingerprint density at radius 3 is 2.55 bits per heavy atom. The van der Waals surface area contributed by atoms with Crippen LogP contribution in [0.4, 0.5) is 0 Å². The molecule has 22 heavy (non-hydrogen) atoms. The van der Waals surface area contributed by atoms with E-state index in [0.29, 0.717) is 12.0 Å². The number of nitrogens with one attached hydrogen (secondary N) is 1. The normalized spacial score (nSPS) is 21.5. The van der Waals surface area contributed by atoms with E-state index in [4.69, 9.17) is 16.3 Å². The Morgan fingerprint density at radius 2 is 1.91 bits per heavy atom. The van der Waals surface area contributed by atoms with Gasteiger partial charge in [0.2, 0.25) is 0 Å². The average molecular weight is 369 g/mol. The molecule has 0 unspecified atom stereocenters. The fraction of sp³-hybridized carbons (Fsp3) is 0.667. The SMILES string of the molecule is Cl.Cl.Clc1cnccc1[C@H](C1CCOCC1)N1CCNCC1. The molecule has 1 aromatic rings. The summed E-state index contributed by atoms with van der Waals surface area (Å²) in [6.07, 6.45) is 5.86. The van der Waals surface area contributed by atoms with Crippen LogP contribution < -0.4 is 5.32 Å².